The van der Waals surface area contributed by atoms with E-state index in [1.54, 1.807) is 22.6 Å². The number of anilines is 2. The second kappa shape index (κ2) is 6.97. The number of hydrogen-bond acceptors (Lipinski definition) is 8. The maximum absolute atomic E-state index is 5.82. The average Bonchev–Trinajstić information content (AvgIpc) is 3.28. The van der Waals surface area contributed by atoms with E-state index in [4.69, 9.17) is 5.73 Å². The van der Waals surface area contributed by atoms with E-state index >= 15 is 0 Å². The zero-order valence-corrected chi connectivity index (χ0v) is 16.3. The van der Waals surface area contributed by atoms with Gasteiger partial charge in [0.1, 0.15) is 12.1 Å². The fourth-order valence-electron chi connectivity index (χ4n) is 3.51. The third-order valence-electron chi connectivity index (χ3n) is 4.80. The molecule has 0 spiro atoms. The zero-order chi connectivity index (χ0) is 18.2. The molecule has 0 saturated heterocycles. The molecule has 0 radical (unpaired) electrons. The van der Waals surface area contributed by atoms with E-state index in [2.05, 4.69) is 43.8 Å². The van der Waals surface area contributed by atoms with E-state index in [0.29, 0.717) is 11.2 Å². The minimum atomic E-state index is 0.495. The van der Waals surface area contributed by atoms with Crippen molar-refractivity contribution in [1.82, 2.24) is 24.8 Å². The molecule has 4 aromatic rings. The van der Waals surface area contributed by atoms with Crippen molar-refractivity contribution >= 4 is 49.9 Å². The highest BCUT2D eigenvalue weighted by Crippen LogP contribution is 2.35. The van der Waals surface area contributed by atoms with Crippen molar-refractivity contribution in [3.05, 3.63) is 30.6 Å². The first-order chi connectivity index (χ1) is 13.2. The van der Waals surface area contributed by atoms with Crippen molar-refractivity contribution in [2.75, 3.05) is 11.1 Å². The Bertz CT molecular complexity index is 1100. The zero-order valence-electron chi connectivity index (χ0n) is 14.6. The number of aromatic nitrogens is 5. The van der Waals surface area contributed by atoms with Crippen LogP contribution in [0.4, 0.5) is 10.9 Å². The van der Waals surface area contributed by atoms with E-state index in [1.807, 2.05) is 6.07 Å². The van der Waals surface area contributed by atoms with Gasteiger partial charge in [0.05, 0.1) is 15.1 Å². The highest BCUT2D eigenvalue weighted by molar-refractivity contribution is 7.99. The third kappa shape index (κ3) is 3.44. The molecule has 1 aliphatic carbocycles. The number of nitrogens with two attached hydrogens (primary N) is 1. The molecular weight excluding hydrogens is 378 g/mol. The summed E-state index contributed by atoms with van der Waals surface area (Å²) in [5.41, 5.74) is 7.52. The van der Waals surface area contributed by atoms with Gasteiger partial charge in [0.15, 0.2) is 10.8 Å². The molecule has 0 atom stereocenters. The van der Waals surface area contributed by atoms with Crippen LogP contribution in [0, 0.1) is 0 Å². The van der Waals surface area contributed by atoms with Crippen molar-refractivity contribution in [1.29, 1.82) is 0 Å². The Morgan fingerprint density at radius 1 is 1.19 bits per heavy atom. The molecule has 1 saturated carbocycles. The highest BCUT2D eigenvalue weighted by Gasteiger charge is 2.16. The highest BCUT2D eigenvalue weighted by atomic mass is 32.2. The summed E-state index contributed by atoms with van der Waals surface area (Å²) < 4.78 is 2.83. The van der Waals surface area contributed by atoms with Crippen molar-refractivity contribution in [2.24, 2.45) is 0 Å². The van der Waals surface area contributed by atoms with Gasteiger partial charge in [0.2, 0.25) is 0 Å². The van der Waals surface area contributed by atoms with Crippen LogP contribution in [-0.4, -0.2) is 30.8 Å². The first-order valence-corrected chi connectivity index (χ1v) is 10.7. The normalized spacial score (nSPS) is 15.6. The fourth-order valence-corrected chi connectivity index (χ4v) is 5.32. The number of fused-ring (bicyclic) bond motifs is 2. The van der Waals surface area contributed by atoms with E-state index in [9.17, 15) is 0 Å². The van der Waals surface area contributed by atoms with Gasteiger partial charge < -0.3 is 11.1 Å². The lowest BCUT2D eigenvalue weighted by Crippen LogP contribution is -2.23. The van der Waals surface area contributed by atoms with Crippen LogP contribution in [0.1, 0.15) is 32.1 Å². The summed E-state index contributed by atoms with van der Waals surface area (Å²) >= 11 is 3.16. The number of hydrogen-bond donors (Lipinski definition) is 2. The maximum Gasteiger partial charge on any atom is 0.191 e. The summed E-state index contributed by atoms with van der Waals surface area (Å²) in [6.07, 6.45) is 7.96. The molecule has 0 unspecified atom stereocenters. The first kappa shape index (κ1) is 16.8. The van der Waals surface area contributed by atoms with Crippen LogP contribution < -0.4 is 11.1 Å². The molecule has 3 heterocycles. The van der Waals surface area contributed by atoms with Gasteiger partial charge in [0, 0.05) is 17.0 Å². The SMILES string of the molecule is Nc1nc2ccc(Sc3cc(NC4CCCCC4)nn4cnnc34)cc2s1. The van der Waals surface area contributed by atoms with Gasteiger partial charge in [0.25, 0.3) is 0 Å². The Morgan fingerprint density at radius 2 is 2.07 bits per heavy atom. The van der Waals surface area contributed by atoms with E-state index in [0.717, 1.165) is 31.5 Å². The fraction of sp³-hybridized carbons (Fsp3) is 0.333. The minimum Gasteiger partial charge on any atom is -0.375 e. The summed E-state index contributed by atoms with van der Waals surface area (Å²) in [5.74, 6) is 0.875. The Balaban J connectivity index is 1.47. The van der Waals surface area contributed by atoms with Gasteiger partial charge >= 0.3 is 0 Å². The lowest BCUT2D eigenvalue weighted by molar-refractivity contribution is 0.461. The van der Waals surface area contributed by atoms with Crippen LogP contribution in [0.3, 0.4) is 0 Å². The monoisotopic (exact) mass is 397 g/mol. The van der Waals surface area contributed by atoms with Crippen LogP contribution in [0.5, 0.6) is 0 Å². The molecule has 0 bridgehead atoms. The molecule has 0 amide bonds. The standard InChI is InChI=1S/C18H19N7S2/c19-18-22-13-7-6-12(8-14(13)27-18)26-15-9-16(21-11-4-2-1-3-5-11)24-25-10-20-23-17(15)25/h6-11H,1-5H2,(H2,19,22)(H,21,24). The van der Waals surface area contributed by atoms with E-state index in [1.165, 1.54) is 43.4 Å². The van der Waals surface area contributed by atoms with Crippen LogP contribution in [-0.2, 0) is 0 Å². The average molecular weight is 398 g/mol. The smallest absolute Gasteiger partial charge is 0.191 e. The molecule has 9 heteroatoms. The second-order valence-corrected chi connectivity index (χ2v) is 8.93. The van der Waals surface area contributed by atoms with Gasteiger partial charge in [-0.05, 0) is 31.0 Å². The number of benzene rings is 1. The number of rotatable bonds is 4. The number of nitrogens with one attached hydrogen (secondary N) is 1. The molecule has 138 valence electrons. The molecule has 3 N–H and O–H groups in total. The van der Waals surface area contributed by atoms with Gasteiger partial charge in [-0.2, -0.15) is 4.52 Å². The lowest BCUT2D eigenvalue weighted by atomic mass is 9.95. The Morgan fingerprint density at radius 3 is 2.96 bits per heavy atom. The van der Waals surface area contributed by atoms with Gasteiger partial charge in [-0.3, -0.25) is 0 Å². The Kier molecular flexibility index (Phi) is 4.33. The second-order valence-electron chi connectivity index (χ2n) is 6.76. The van der Waals surface area contributed by atoms with Crippen molar-refractivity contribution < 1.29 is 0 Å². The van der Waals surface area contributed by atoms with E-state index < -0.39 is 0 Å². The van der Waals surface area contributed by atoms with Crippen LogP contribution in [0.25, 0.3) is 15.9 Å². The van der Waals surface area contributed by atoms with Crippen molar-refractivity contribution in [2.45, 2.75) is 47.9 Å². The first-order valence-electron chi connectivity index (χ1n) is 9.06. The number of nitrogens with zero attached hydrogens (tertiary/aromatic N) is 5. The molecule has 1 fully saturated rings. The summed E-state index contributed by atoms with van der Waals surface area (Å²) in [6.45, 7) is 0. The molecule has 3 aromatic heterocycles. The van der Waals surface area contributed by atoms with Crippen LogP contribution in [0.15, 0.2) is 40.4 Å². The summed E-state index contributed by atoms with van der Waals surface area (Å²) in [6, 6.07) is 8.76. The molecule has 0 aliphatic heterocycles. The summed E-state index contributed by atoms with van der Waals surface area (Å²) in [7, 11) is 0. The number of thiazole rings is 1. The van der Waals surface area contributed by atoms with Gasteiger partial charge in [-0.1, -0.05) is 42.4 Å². The summed E-state index contributed by atoms with van der Waals surface area (Å²) in [4.78, 5) is 6.46. The summed E-state index contributed by atoms with van der Waals surface area (Å²) in [5, 5.41) is 17.1. The minimum absolute atomic E-state index is 0.495. The van der Waals surface area contributed by atoms with Gasteiger partial charge in [-0.25, -0.2) is 4.98 Å². The molecular formula is C18H19N7S2. The third-order valence-corrected chi connectivity index (χ3v) is 6.65. The molecule has 5 rings (SSSR count). The molecule has 1 aromatic carbocycles. The lowest BCUT2D eigenvalue weighted by Gasteiger charge is -2.23. The Labute approximate surface area is 164 Å². The predicted molar refractivity (Wildman–Crippen MR) is 109 cm³/mol. The van der Waals surface area contributed by atoms with Gasteiger partial charge in [-0.15, -0.1) is 15.3 Å². The molecule has 1 aliphatic rings. The van der Waals surface area contributed by atoms with Crippen LogP contribution in [0.2, 0.25) is 0 Å². The molecule has 27 heavy (non-hydrogen) atoms. The largest absolute Gasteiger partial charge is 0.375 e. The predicted octanol–water partition coefficient (Wildman–Crippen LogP) is 4.21. The van der Waals surface area contributed by atoms with Crippen molar-refractivity contribution in [3.63, 3.8) is 0 Å². The topological polar surface area (TPSA) is 94.0 Å². The maximum atomic E-state index is 5.82. The number of nitrogen functional groups attached to an aromatic ring is 1. The van der Waals surface area contributed by atoms with Crippen LogP contribution >= 0.6 is 23.1 Å². The quantitative estimate of drug-likeness (QED) is 0.532. The van der Waals surface area contributed by atoms with Crippen molar-refractivity contribution in [3.8, 4) is 0 Å². The Hall–Kier alpha value is -2.39. The molecule has 7 nitrogen and oxygen atoms in total. The van der Waals surface area contributed by atoms with E-state index in [-0.39, 0.29) is 0 Å².